The number of nitrogens with one attached hydrogen (secondary N) is 1. The molecule has 1 aliphatic rings. The Hall–Kier alpha value is -3.16. The lowest BCUT2D eigenvalue weighted by atomic mass is 9.81. The first-order valence-electron chi connectivity index (χ1n) is 12.6. The summed E-state index contributed by atoms with van der Waals surface area (Å²) in [6.45, 7) is 7.43. The topological polar surface area (TPSA) is 61.9 Å². The molecule has 2 atom stereocenters. The second-order valence-electron chi connectivity index (χ2n) is 9.08. The van der Waals surface area contributed by atoms with Gasteiger partial charge in [0.15, 0.2) is 0 Å². The molecule has 1 aliphatic heterocycles. The van der Waals surface area contributed by atoms with Crippen molar-refractivity contribution in [3.05, 3.63) is 87.6 Å². The van der Waals surface area contributed by atoms with Crippen molar-refractivity contribution in [3.63, 3.8) is 0 Å². The van der Waals surface area contributed by atoms with E-state index in [-0.39, 0.29) is 17.9 Å². The molecular weight excluding hydrogens is 470 g/mol. The predicted octanol–water partition coefficient (Wildman–Crippen LogP) is 5.02. The number of thiophene rings is 1. The third-order valence-electron chi connectivity index (χ3n) is 6.74. The van der Waals surface area contributed by atoms with E-state index in [2.05, 4.69) is 48.3 Å². The van der Waals surface area contributed by atoms with Gasteiger partial charge < -0.3 is 19.9 Å². The molecule has 4 rings (SSSR count). The summed E-state index contributed by atoms with van der Waals surface area (Å²) in [5, 5.41) is 5.18. The lowest BCUT2D eigenvalue weighted by Gasteiger charge is -2.41. The maximum absolute atomic E-state index is 13.7. The molecule has 0 spiro atoms. The molecule has 0 saturated heterocycles. The molecule has 0 fully saturated rings. The maximum Gasteiger partial charge on any atom is 0.254 e. The Labute approximate surface area is 217 Å². The van der Waals surface area contributed by atoms with Crippen LogP contribution < -0.4 is 10.2 Å². The van der Waals surface area contributed by atoms with Crippen LogP contribution in [-0.2, 0) is 9.53 Å². The van der Waals surface area contributed by atoms with Crippen molar-refractivity contribution in [2.75, 3.05) is 44.8 Å². The number of methoxy groups -OCH3 is 1. The highest BCUT2D eigenvalue weighted by molar-refractivity contribution is 7.10. The Morgan fingerprint density at radius 3 is 2.69 bits per heavy atom. The minimum absolute atomic E-state index is 0.0469. The second kappa shape index (κ2) is 12.2. The van der Waals surface area contributed by atoms with Crippen LogP contribution in [0.5, 0.6) is 0 Å². The van der Waals surface area contributed by atoms with E-state index >= 15 is 0 Å². The first kappa shape index (κ1) is 25.9. The second-order valence-corrected chi connectivity index (χ2v) is 10.1. The van der Waals surface area contributed by atoms with Gasteiger partial charge in [0.2, 0.25) is 5.91 Å². The Kier molecular flexibility index (Phi) is 8.78. The molecule has 0 unspecified atom stereocenters. The van der Waals surface area contributed by atoms with E-state index in [0.717, 1.165) is 30.0 Å². The van der Waals surface area contributed by atoms with Crippen LogP contribution in [0, 0.1) is 6.92 Å². The Balaban J connectivity index is 1.52. The molecule has 2 aromatic carbocycles. The van der Waals surface area contributed by atoms with E-state index in [0.29, 0.717) is 25.3 Å². The van der Waals surface area contributed by atoms with Crippen LogP contribution in [0.25, 0.3) is 0 Å². The molecular formula is C29H35N3O3S. The molecule has 36 heavy (non-hydrogen) atoms. The summed E-state index contributed by atoms with van der Waals surface area (Å²) in [5.74, 6) is -0.579. The highest BCUT2D eigenvalue weighted by Gasteiger charge is 2.44. The van der Waals surface area contributed by atoms with E-state index in [1.165, 1.54) is 11.3 Å². The van der Waals surface area contributed by atoms with E-state index in [1.807, 2.05) is 41.8 Å². The van der Waals surface area contributed by atoms with Crippen LogP contribution >= 0.6 is 11.3 Å². The number of benzene rings is 2. The quantitative estimate of drug-likeness (QED) is 0.372. The number of aryl methyl sites for hydroxylation is 1. The van der Waals surface area contributed by atoms with E-state index in [9.17, 15) is 9.59 Å². The van der Waals surface area contributed by atoms with Gasteiger partial charge in [0.1, 0.15) is 0 Å². The van der Waals surface area contributed by atoms with E-state index < -0.39 is 5.92 Å². The van der Waals surface area contributed by atoms with Crippen molar-refractivity contribution in [1.82, 2.24) is 10.2 Å². The molecule has 2 heterocycles. The number of hydrogen-bond acceptors (Lipinski definition) is 5. The molecule has 7 heteroatoms. The fourth-order valence-electron chi connectivity index (χ4n) is 4.97. The molecule has 2 amide bonds. The van der Waals surface area contributed by atoms with Crippen molar-refractivity contribution in [1.29, 1.82) is 0 Å². The average Bonchev–Trinajstić information content (AvgIpc) is 3.42. The summed E-state index contributed by atoms with van der Waals surface area (Å²) in [6, 6.07) is 19.6. The molecule has 0 bridgehead atoms. The zero-order valence-electron chi connectivity index (χ0n) is 21.3. The largest absolute Gasteiger partial charge is 0.383 e. The van der Waals surface area contributed by atoms with Crippen LogP contribution in [0.4, 0.5) is 5.69 Å². The number of carbonyl (C=O) groups is 2. The number of hydrogen-bond donors (Lipinski definition) is 1. The third-order valence-corrected chi connectivity index (χ3v) is 7.69. The van der Waals surface area contributed by atoms with Crippen LogP contribution in [0.15, 0.2) is 66.0 Å². The molecule has 0 saturated carbocycles. The Morgan fingerprint density at radius 1 is 1.14 bits per heavy atom. The van der Waals surface area contributed by atoms with Crippen LogP contribution in [0.2, 0.25) is 0 Å². The van der Waals surface area contributed by atoms with Crippen LogP contribution in [0.3, 0.4) is 0 Å². The first-order chi connectivity index (χ1) is 17.5. The monoisotopic (exact) mass is 505 g/mol. The summed E-state index contributed by atoms with van der Waals surface area (Å²) in [7, 11) is 1.63. The third kappa shape index (κ3) is 5.63. The number of ether oxygens (including phenoxy) is 1. The number of rotatable bonds is 11. The van der Waals surface area contributed by atoms with Crippen molar-refractivity contribution < 1.29 is 14.3 Å². The fourth-order valence-corrected chi connectivity index (χ4v) is 5.85. The van der Waals surface area contributed by atoms with Gasteiger partial charge in [0, 0.05) is 49.4 Å². The van der Waals surface area contributed by atoms with Gasteiger partial charge in [0.25, 0.3) is 5.91 Å². The first-order valence-corrected chi connectivity index (χ1v) is 13.4. The predicted molar refractivity (Wildman–Crippen MR) is 146 cm³/mol. The summed E-state index contributed by atoms with van der Waals surface area (Å²) < 4.78 is 5.30. The van der Waals surface area contributed by atoms with Gasteiger partial charge in [-0.2, -0.15) is 0 Å². The minimum Gasteiger partial charge on any atom is -0.383 e. The smallest absolute Gasteiger partial charge is 0.254 e. The zero-order valence-corrected chi connectivity index (χ0v) is 22.1. The average molecular weight is 506 g/mol. The van der Waals surface area contributed by atoms with Gasteiger partial charge in [-0.25, -0.2) is 0 Å². The van der Waals surface area contributed by atoms with Gasteiger partial charge in [0.05, 0.1) is 18.6 Å². The van der Waals surface area contributed by atoms with Gasteiger partial charge in [-0.3, -0.25) is 9.59 Å². The van der Waals surface area contributed by atoms with Gasteiger partial charge >= 0.3 is 0 Å². The van der Waals surface area contributed by atoms with E-state index in [1.54, 1.807) is 23.3 Å². The van der Waals surface area contributed by atoms with Crippen molar-refractivity contribution in [2.24, 2.45) is 0 Å². The van der Waals surface area contributed by atoms with Crippen molar-refractivity contribution >= 4 is 28.8 Å². The summed E-state index contributed by atoms with van der Waals surface area (Å²) in [6.07, 6.45) is 0.831. The SMILES string of the molecule is CCN(CCCNC(=O)[C@H]1c2ccccc2C(=O)N(CCOC)[C@@H]1c1cccs1)c1cccc(C)c1. The molecule has 6 nitrogen and oxygen atoms in total. The lowest BCUT2D eigenvalue weighted by molar-refractivity contribution is -0.124. The summed E-state index contributed by atoms with van der Waals surface area (Å²) in [4.78, 5) is 32.3. The lowest BCUT2D eigenvalue weighted by Crippen LogP contribution is -2.48. The molecule has 190 valence electrons. The molecule has 3 aromatic rings. The number of fused-ring (bicyclic) bond motifs is 1. The van der Waals surface area contributed by atoms with Gasteiger partial charge in [-0.15, -0.1) is 11.3 Å². The zero-order chi connectivity index (χ0) is 25.5. The highest BCUT2D eigenvalue weighted by Crippen LogP contribution is 2.44. The van der Waals surface area contributed by atoms with Crippen molar-refractivity contribution in [3.8, 4) is 0 Å². The molecule has 1 N–H and O–H groups in total. The molecule has 0 aliphatic carbocycles. The Bertz CT molecular complexity index is 1160. The molecule has 1 aromatic heterocycles. The Morgan fingerprint density at radius 2 is 1.97 bits per heavy atom. The maximum atomic E-state index is 13.7. The standard InChI is InChI=1S/C29H35N3O3S/c1-4-31(22-11-7-10-21(2)20-22)16-9-15-30-28(33)26-23-12-5-6-13-24(23)29(34)32(17-18-35-3)27(26)25-14-8-19-36-25/h5-8,10-14,19-20,26-27H,4,9,15-18H2,1-3H3,(H,30,33)/t26-,27+/m0/s1. The normalized spacial score (nSPS) is 17.1. The van der Waals surface area contributed by atoms with Gasteiger partial charge in [-0.1, -0.05) is 36.4 Å². The minimum atomic E-state index is -0.478. The highest BCUT2D eigenvalue weighted by atomic mass is 32.1. The fraction of sp³-hybridized carbons (Fsp3) is 0.379. The summed E-state index contributed by atoms with van der Waals surface area (Å²) >= 11 is 1.58. The van der Waals surface area contributed by atoms with Crippen LogP contribution in [-0.4, -0.2) is 56.6 Å². The number of amides is 2. The number of anilines is 1. The van der Waals surface area contributed by atoms with Crippen molar-refractivity contribution in [2.45, 2.75) is 32.2 Å². The van der Waals surface area contributed by atoms with Crippen LogP contribution in [0.1, 0.15) is 51.7 Å². The molecule has 0 radical (unpaired) electrons. The number of nitrogens with zero attached hydrogens (tertiary/aromatic N) is 2. The van der Waals surface area contributed by atoms with E-state index in [4.69, 9.17) is 4.74 Å². The number of carbonyl (C=O) groups excluding carboxylic acids is 2. The van der Waals surface area contributed by atoms with Gasteiger partial charge in [-0.05, 0) is 61.0 Å². The summed E-state index contributed by atoms with van der Waals surface area (Å²) in [5.41, 5.74) is 3.83.